The maximum Gasteiger partial charge on any atom is 0.0541 e. The first-order chi connectivity index (χ1) is 35.4. The average Bonchev–Trinajstić information content (AvgIpc) is 3.89. The largest absolute Gasteiger partial charge is 0.309 e. The summed E-state index contributed by atoms with van der Waals surface area (Å²) < 4.78 is 2.48. The molecule has 0 saturated heterocycles. The van der Waals surface area contributed by atoms with Crippen LogP contribution in [-0.2, 0) is 5.41 Å². The van der Waals surface area contributed by atoms with Crippen LogP contribution in [0, 0.1) is 0 Å². The Hall–Kier alpha value is -9.04. The molecule has 0 aliphatic heterocycles. The van der Waals surface area contributed by atoms with Crippen molar-refractivity contribution in [1.29, 1.82) is 0 Å². The van der Waals surface area contributed by atoms with E-state index in [1.54, 1.807) is 0 Å². The smallest absolute Gasteiger partial charge is 0.0541 e. The fourth-order valence-corrected chi connectivity index (χ4v) is 11.8. The molecule has 0 N–H and O–H groups in total. The van der Waals surface area contributed by atoms with E-state index in [-0.39, 0.29) is 5.41 Å². The zero-order valence-corrected chi connectivity index (χ0v) is 40.3. The van der Waals surface area contributed by atoms with E-state index < -0.39 is 0 Å². The van der Waals surface area contributed by atoms with Gasteiger partial charge >= 0.3 is 0 Å². The molecule has 12 aromatic carbocycles. The third-order valence-corrected chi connectivity index (χ3v) is 15.7. The van der Waals surface area contributed by atoms with Crippen molar-refractivity contribution in [2.75, 3.05) is 0 Å². The van der Waals surface area contributed by atoms with Crippen molar-refractivity contribution in [3.63, 3.8) is 0 Å². The minimum absolute atomic E-state index is 0.100. The van der Waals surface area contributed by atoms with E-state index >= 15 is 0 Å². The van der Waals surface area contributed by atoms with E-state index in [0.717, 1.165) is 0 Å². The number of aromatic nitrogens is 1. The van der Waals surface area contributed by atoms with Crippen LogP contribution >= 0.6 is 0 Å². The molecule has 13 aromatic rings. The van der Waals surface area contributed by atoms with Crippen LogP contribution in [-0.4, -0.2) is 4.57 Å². The molecule has 338 valence electrons. The van der Waals surface area contributed by atoms with E-state index in [1.165, 1.54) is 138 Å². The Morgan fingerprint density at radius 2 is 0.611 bits per heavy atom. The van der Waals surface area contributed by atoms with Gasteiger partial charge in [0.25, 0.3) is 0 Å². The lowest BCUT2D eigenvalue weighted by molar-refractivity contribution is 0.660. The summed E-state index contributed by atoms with van der Waals surface area (Å²) in [4.78, 5) is 0. The molecular weight excluding hydrogens is 867 g/mol. The molecule has 0 atom stereocenters. The Kier molecular flexibility index (Phi) is 9.63. The van der Waals surface area contributed by atoms with Gasteiger partial charge in [-0.3, -0.25) is 0 Å². The predicted molar refractivity (Wildman–Crippen MR) is 306 cm³/mol. The van der Waals surface area contributed by atoms with Crippen molar-refractivity contribution in [2.24, 2.45) is 0 Å². The normalized spacial score (nSPS) is 12.7. The second kappa shape index (κ2) is 16.5. The fraction of sp³-hybridized carbons (Fsp3) is 0.0423. The van der Waals surface area contributed by atoms with Crippen molar-refractivity contribution in [1.82, 2.24) is 4.57 Å². The molecule has 0 bridgehead atoms. The monoisotopic (exact) mass is 915 g/mol. The Morgan fingerprint density at radius 1 is 0.250 bits per heavy atom. The maximum atomic E-state index is 2.48. The van der Waals surface area contributed by atoms with Gasteiger partial charge in [0, 0.05) is 21.9 Å². The first kappa shape index (κ1) is 41.9. The van der Waals surface area contributed by atoms with Crippen molar-refractivity contribution >= 4 is 43.4 Å². The molecule has 72 heavy (non-hydrogen) atoms. The summed E-state index contributed by atoms with van der Waals surface area (Å²) in [6, 6.07) is 96.6. The molecule has 1 heterocycles. The zero-order chi connectivity index (χ0) is 47.9. The number of benzene rings is 12. The highest BCUT2D eigenvalue weighted by atomic mass is 15.0. The Labute approximate surface area is 420 Å². The lowest BCUT2D eigenvalue weighted by Gasteiger charge is -2.22. The second-order valence-corrected chi connectivity index (χ2v) is 20.1. The van der Waals surface area contributed by atoms with Gasteiger partial charge in [0.15, 0.2) is 0 Å². The first-order valence-corrected chi connectivity index (χ1v) is 25.1. The second-order valence-electron chi connectivity index (χ2n) is 20.1. The zero-order valence-electron chi connectivity index (χ0n) is 40.3. The van der Waals surface area contributed by atoms with Crippen LogP contribution in [0.1, 0.15) is 25.0 Å². The molecular formula is C71H49N. The standard InChI is InChI=1S/C71H49N/c1-71(2)67-20-8-7-17-63(67)64-40-39-58(45-68(64)71)72-69-41-37-56(50-25-21-46(22-26-50)48-29-33-54(34-30-48)61-18-9-13-52-11-3-5-15-59(52)61)43-65(69)66-44-57(38-42-70(66)72)51-27-23-47(24-28-51)49-31-35-55(36-32-49)62-19-10-14-53-12-4-6-16-60(53)62/h3-45H,1-2H3. The molecule has 14 rings (SSSR count). The third kappa shape index (κ3) is 6.84. The Morgan fingerprint density at radius 3 is 1.10 bits per heavy atom. The molecule has 1 aliphatic rings. The molecule has 0 amide bonds. The molecule has 0 radical (unpaired) electrons. The quantitative estimate of drug-likeness (QED) is 0.150. The summed E-state index contributed by atoms with van der Waals surface area (Å²) in [5.41, 5.74) is 23.5. The van der Waals surface area contributed by atoms with E-state index in [1.807, 2.05) is 0 Å². The third-order valence-electron chi connectivity index (χ3n) is 15.7. The number of rotatable bonds is 7. The van der Waals surface area contributed by atoms with Crippen LogP contribution in [0.4, 0.5) is 0 Å². The first-order valence-electron chi connectivity index (χ1n) is 25.1. The SMILES string of the molecule is CC1(C)c2ccccc2-c2ccc(-n3c4ccc(-c5ccc(-c6ccc(-c7cccc8ccccc78)cc6)cc5)cc4c4cc(-c5ccc(-c6ccc(-c7cccc8ccccc78)cc6)cc5)ccc43)cc21. The van der Waals surface area contributed by atoms with Gasteiger partial charge in [-0.05, 0) is 147 Å². The number of hydrogen-bond donors (Lipinski definition) is 0. The Bertz CT molecular complexity index is 4010. The van der Waals surface area contributed by atoms with Crippen LogP contribution in [0.3, 0.4) is 0 Å². The van der Waals surface area contributed by atoms with E-state index in [2.05, 4.69) is 279 Å². The summed E-state index contributed by atoms with van der Waals surface area (Å²) in [5, 5.41) is 7.56. The minimum atomic E-state index is -0.100. The van der Waals surface area contributed by atoms with E-state index in [0.29, 0.717) is 0 Å². The van der Waals surface area contributed by atoms with E-state index in [4.69, 9.17) is 0 Å². The highest BCUT2D eigenvalue weighted by molar-refractivity contribution is 6.12. The summed E-state index contributed by atoms with van der Waals surface area (Å²) in [6.45, 7) is 4.73. The van der Waals surface area contributed by atoms with Crippen LogP contribution in [0.2, 0.25) is 0 Å². The molecule has 1 aromatic heterocycles. The highest BCUT2D eigenvalue weighted by Crippen LogP contribution is 2.50. The maximum absolute atomic E-state index is 2.48. The molecule has 1 nitrogen and oxygen atoms in total. The van der Waals surface area contributed by atoms with Crippen LogP contribution in [0.15, 0.2) is 261 Å². The lowest BCUT2D eigenvalue weighted by atomic mass is 9.82. The Balaban J connectivity index is 0.823. The van der Waals surface area contributed by atoms with E-state index in [9.17, 15) is 0 Å². The van der Waals surface area contributed by atoms with Gasteiger partial charge in [-0.15, -0.1) is 0 Å². The molecule has 0 fully saturated rings. The van der Waals surface area contributed by atoms with Crippen molar-refractivity contribution in [2.45, 2.75) is 19.3 Å². The summed E-state index contributed by atoms with van der Waals surface area (Å²) in [5.74, 6) is 0. The number of hydrogen-bond acceptors (Lipinski definition) is 0. The molecule has 1 heteroatoms. The highest BCUT2D eigenvalue weighted by Gasteiger charge is 2.35. The topological polar surface area (TPSA) is 4.93 Å². The van der Waals surface area contributed by atoms with Gasteiger partial charge < -0.3 is 4.57 Å². The molecule has 0 spiro atoms. The van der Waals surface area contributed by atoms with Gasteiger partial charge in [0.2, 0.25) is 0 Å². The van der Waals surface area contributed by atoms with Crippen molar-refractivity contribution < 1.29 is 0 Å². The average molecular weight is 916 g/mol. The van der Waals surface area contributed by atoms with Crippen LogP contribution < -0.4 is 0 Å². The number of nitrogens with zero attached hydrogens (tertiary/aromatic N) is 1. The molecule has 1 aliphatic carbocycles. The number of fused-ring (bicyclic) bond motifs is 8. The van der Waals surface area contributed by atoms with Crippen LogP contribution in [0.5, 0.6) is 0 Å². The van der Waals surface area contributed by atoms with Gasteiger partial charge in [0.05, 0.1) is 11.0 Å². The van der Waals surface area contributed by atoms with Crippen LogP contribution in [0.25, 0.3) is 127 Å². The summed E-state index contributed by atoms with van der Waals surface area (Å²) in [6.07, 6.45) is 0. The van der Waals surface area contributed by atoms with Gasteiger partial charge in [-0.25, -0.2) is 0 Å². The predicted octanol–water partition coefficient (Wildman–Crippen LogP) is 19.4. The van der Waals surface area contributed by atoms with Gasteiger partial charge in [0.1, 0.15) is 0 Å². The summed E-state index contributed by atoms with van der Waals surface area (Å²) >= 11 is 0. The van der Waals surface area contributed by atoms with Gasteiger partial charge in [-0.2, -0.15) is 0 Å². The van der Waals surface area contributed by atoms with Crippen molar-refractivity contribution in [3.8, 4) is 83.6 Å². The lowest BCUT2D eigenvalue weighted by Crippen LogP contribution is -2.15. The molecule has 0 saturated carbocycles. The molecule has 0 unspecified atom stereocenters. The summed E-state index contributed by atoms with van der Waals surface area (Å²) in [7, 11) is 0. The minimum Gasteiger partial charge on any atom is -0.309 e. The fourth-order valence-electron chi connectivity index (χ4n) is 11.8. The van der Waals surface area contributed by atoms with Gasteiger partial charge in [-0.1, -0.05) is 238 Å². The van der Waals surface area contributed by atoms with Crippen molar-refractivity contribution in [3.05, 3.63) is 272 Å².